The zero-order chi connectivity index (χ0) is 16.7. The van der Waals surface area contributed by atoms with Crippen LogP contribution in [0.5, 0.6) is 0 Å². The molecule has 1 aromatic heterocycles. The third-order valence-electron chi connectivity index (χ3n) is 4.78. The summed E-state index contributed by atoms with van der Waals surface area (Å²) >= 11 is 0. The summed E-state index contributed by atoms with van der Waals surface area (Å²) in [6, 6.07) is 10.2. The molecule has 2 N–H and O–H groups in total. The Hall–Kier alpha value is -2.63. The van der Waals surface area contributed by atoms with E-state index in [9.17, 15) is 9.59 Å². The first kappa shape index (κ1) is 14.9. The van der Waals surface area contributed by atoms with Crippen molar-refractivity contribution in [1.82, 2.24) is 15.1 Å². The normalized spacial score (nSPS) is 20.5. The lowest BCUT2D eigenvalue weighted by Crippen LogP contribution is -2.29. The Balaban J connectivity index is 1.43. The van der Waals surface area contributed by atoms with Crippen molar-refractivity contribution in [2.24, 2.45) is 5.92 Å². The summed E-state index contributed by atoms with van der Waals surface area (Å²) in [5, 5.41) is 9.97. The maximum absolute atomic E-state index is 12.4. The number of hydrogen-bond acceptors (Lipinski definition) is 3. The first-order chi connectivity index (χ1) is 11.6. The number of H-pyrrole nitrogens is 1. The number of nitrogens with one attached hydrogen (secondary N) is 2. The van der Waals surface area contributed by atoms with Gasteiger partial charge in [0.2, 0.25) is 11.8 Å². The molecule has 1 aliphatic heterocycles. The standard InChI is InChI=1S/C18H20N4O2/c1-11-4-2-3-5-14(11)15-9-16(21-20-15)19-18(24)12-8-17(23)22(10-12)13-6-7-13/h2-5,9,12-13H,6-8,10H2,1H3,(H2,19,20,21,24)/t12-/m1/s1. The van der Waals surface area contributed by atoms with E-state index in [1.54, 1.807) is 0 Å². The molecule has 124 valence electrons. The number of hydrogen-bond donors (Lipinski definition) is 2. The van der Waals surface area contributed by atoms with E-state index in [1.807, 2.05) is 42.2 Å². The molecule has 1 saturated carbocycles. The van der Waals surface area contributed by atoms with Gasteiger partial charge in [-0.05, 0) is 25.3 Å². The van der Waals surface area contributed by atoms with Crippen LogP contribution < -0.4 is 5.32 Å². The lowest BCUT2D eigenvalue weighted by molar-refractivity contribution is -0.128. The highest BCUT2D eigenvalue weighted by atomic mass is 16.2. The van der Waals surface area contributed by atoms with Crippen LogP contribution in [0.15, 0.2) is 30.3 Å². The Labute approximate surface area is 140 Å². The van der Waals surface area contributed by atoms with Crippen LogP contribution in [0.3, 0.4) is 0 Å². The molecule has 6 heteroatoms. The number of carbonyl (C=O) groups excluding carboxylic acids is 2. The van der Waals surface area contributed by atoms with Gasteiger partial charge in [0.05, 0.1) is 11.6 Å². The minimum absolute atomic E-state index is 0.0975. The largest absolute Gasteiger partial charge is 0.339 e. The quantitative estimate of drug-likeness (QED) is 0.906. The monoisotopic (exact) mass is 324 g/mol. The fourth-order valence-corrected chi connectivity index (χ4v) is 3.27. The van der Waals surface area contributed by atoms with Crippen LogP contribution in [0.2, 0.25) is 0 Å². The van der Waals surface area contributed by atoms with Gasteiger partial charge in [-0.1, -0.05) is 24.3 Å². The maximum Gasteiger partial charge on any atom is 0.230 e. The van der Waals surface area contributed by atoms with Crippen LogP contribution in [-0.4, -0.2) is 39.5 Å². The van der Waals surface area contributed by atoms with Gasteiger partial charge in [-0.2, -0.15) is 5.10 Å². The minimum atomic E-state index is -0.281. The molecule has 1 saturated heterocycles. The van der Waals surface area contributed by atoms with E-state index < -0.39 is 0 Å². The van der Waals surface area contributed by atoms with Gasteiger partial charge in [0.25, 0.3) is 0 Å². The summed E-state index contributed by atoms with van der Waals surface area (Å²) in [4.78, 5) is 26.2. The van der Waals surface area contributed by atoms with Crippen molar-refractivity contribution in [3.63, 3.8) is 0 Å². The van der Waals surface area contributed by atoms with E-state index in [-0.39, 0.29) is 17.7 Å². The number of likely N-dealkylation sites (tertiary alicyclic amines) is 1. The molecule has 24 heavy (non-hydrogen) atoms. The van der Waals surface area contributed by atoms with Crippen molar-refractivity contribution in [2.75, 3.05) is 11.9 Å². The van der Waals surface area contributed by atoms with E-state index in [0.29, 0.717) is 24.8 Å². The van der Waals surface area contributed by atoms with Crippen LogP contribution >= 0.6 is 0 Å². The Morgan fingerprint density at radius 2 is 2.12 bits per heavy atom. The van der Waals surface area contributed by atoms with Crippen LogP contribution in [0.25, 0.3) is 11.3 Å². The highest BCUT2D eigenvalue weighted by Crippen LogP contribution is 2.33. The van der Waals surface area contributed by atoms with Crippen molar-refractivity contribution in [3.8, 4) is 11.3 Å². The predicted molar refractivity (Wildman–Crippen MR) is 90.2 cm³/mol. The molecule has 2 amide bonds. The zero-order valence-electron chi connectivity index (χ0n) is 13.6. The van der Waals surface area contributed by atoms with Crippen molar-refractivity contribution in [2.45, 2.75) is 32.2 Å². The second kappa shape index (κ2) is 5.78. The number of nitrogens with zero attached hydrogens (tertiary/aromatic N) is 2. The van der Waals surface area contributed by atoms with Gasteiger partial charge in [0.15, 0.2) is 5.82 Å². The van der Waals surface area contributed by atoms with E-state index in [2.05, 4.69) is 15.5 Å². The van der Waals surface area contributed by atoms with Gasteiger partial charge >= 0.3 is 0 Å². The third kappa shape index (κ3) is 2.79. The van der Waals surface area contributed by atoms with Crippen molar-refractivity contribution >= 4 is 17.6 Å². The predicted octanol–water partition coefficient (Wildman–Crippen LogP) is 2.33. The first-order valence-electron chi connectivity index (χ1n) is 8.33. The molecule has 0 bridgehead atoms. The Morgan fingerprint density at radius 3 is 2.88 bits per heavy atom. The number of benzene rings is 1. The molecule has 2 fully saturated rings. The Morgan fingerprint density at radius 1 is 1.33 bits per heavy atom. The Bertz CT molecular complexity index is 794. The number of anilines is 1. The molecule has 0 spiro atoms. The van der Waals surface area contributed by atoms with Crippen LogP contribution in [0.4, 0.5) is 5.82 Å². The summed E-state index contributed by atoms with van der Waals surface area (Å²) < 4.78 is 0. The van der Waals surface area contributed by atoms with Gasteiger partial charge in [-0.25, -0.2) is 0 Å². The SMILES string of the molecule is Cc1ccccc1-c1cc(NC(=O)[C@@H]2CC(=O)N(C3CC3)C2)n[nH]1. The van der Waals surface area contributed by atoms with Crippen LogP contribution in [0, 0.1) is 12.8 Å². The molecule has 4 rings (SSSR count). The lowest BCUT2D eigenvalue weighted by Gasteiger charge is -2.14. The molecule has 1 aliphatic carbocycles. The molecule has 0 unspecified atom stereocenters. The first-order valence-corrected chi connectivity index (χ1v) is 8.33. The van der Waals surface area contributed by atoms with E-state index >= 15 is 0 Å². The number of carbonyl (C=O) groups is 2. The molecular formula is C18H20N4O2. The maximum atomic E-state index is 12.4. The number of amides is 2. The van der Waals surface area contributed by atoms with E-state index in [1.165, 1.54) is 0 Å². The highest BCUT2D eigenvalue weighted by Gasteiger charge is 2.41. The minimum Gasteiger partial charge on any atom is -0.339 e. The topological polar surface area (TPSA) is 78.1 Å². The molecule has 0 radical (unpaired) electrons. The van der Waals surface area contributed by atoms with Crippen molar-refractivity contribution in [3.05, 3.63) is 35.9 Å². The van der Waals surface area contributed by atoms with E-state index in [0.717, 1.165) is 29.7 Å². The van der Waals surface area contributed by atoms with Crippen LogP contribution in [0.1, 0.15) is 24.8 Å². The molecule has 2 aromatic rings. The summed E-state index contributed by atoms with van der Waals surface area (Å²) in [5.41, 5.74) is 3.06. The lowest BCUT2D eigenvalue weighted by atomic mass is 10.1. The van der Waals surface area contributed by atoms with E-state index in [4.69, 9.17) is 0 Å². The Kier molecular flexibility index (Phi) is 3.59. The fourth-order valence-electron chi connectivity index (χ4n) is 3.27. The van der Waals surface area contributed by atoms with Gasteiger partial charge < -0.3 is 10.2 Å². The summed E-state index contributed by atoms with van der Waals surface area (Å²) in [5.74, 6) is 0.182. The second-order valence-corrected chi connectivity index (χ2v) is 6.65. The number of aromatic amines is 1. The smallest absolute Gasteiger partial charge is 0.230 e. The molecule has 1 atom stereocenters. The van der Waals surface area contributed by atoms with Crippen molar-refractivity contribution < 1.29 is 9.59 Å². The summed E-state index contributed by atoms with van der Waals surface area (Å²) in [7, 11) is 0. The van der Waals surface area contributed by atoms with Gasteiger partial charge in [0, 0.05) is 30.6 Å². The van der Waals surface area contributed by atoms with Crippen LogP contribution in [-0.2, 0) is 9.59 Å². The average Bonchev–Trinajstić information content (AvgIpc) is 3.18. The zero-order valence-corrected chi connectivity index (χ0v) is 13.6. The number of rotatable bonds is 4. The molecule has 1 aromatic carbocycles. The third-order valence-corrected chi connectivity index (χ3v) is 4.78. The number of aromatic nitrogens is 2. The molecule has 6 nitrogen and oxygen atoms in total. The number of aryl methyl sites for hydroxylation is 1. The van der Waals surface area contributed by atoms with Gasteiger partial charge in [0.1, 0.15) is 0 Å². The molecule has 2 aliphatic rings. The highest BCUT2D eigenvalue weighted by molar-refractivity contribution is 5.97. The molecule has 2 heterocycles. The average molecular weight is 324 g/mol. The van der Waals surface area contributed by atoms with Gasteiger partial charge in [-0.15, -0.1) is 0 Å². The fraction of sp³-hybridized carbons (Fsp3) is 0.389. The van der Waals surface area contributed by atoms with Gasteiger partial charge in [-0.3, -0.25) is 14.7 Å². The summed E-state index contributed by atoms with van der Waals surface area (Å²) in [6.07, 6.45) is 2.44. The molecular weight excluding hydrogens is 304 g/mol. The second-order valence-electron chi connectivity index (χ2n) is 6.65. The summed E-state index contributed by atoms with van der Waals surface area (Å²) in [6.45, 7) is 2.56. The van der Waals surface area contributed by atoms with Crippen molar-refractivity contribution in [1.29, 1.82) is 0 Å².